The number of aryl methyl sites for hydroxylation is 1. The number of ether oxygens (including phenoxy) is 1. The fourth-order valence-corrected chi connectivity index (χ4v) is 5.75. The summed E-state index contributed by atoms with van der Waals surface area (Å²) in [5, 5.41) is 20.1. The Kier molecular flexibility index (Phi) is 5.52. The van der Waals surface area contributed by atoms with Gasteiger partial charge in [0.1, 0.15) is 5.82 Å². The Bertz CT molecular complexity index is 1220. The molecule has 1 saturated carbocycles. The van der Waals surface area contributed by atoms with Crippen LogP contribution < -0.4 is 5.32 Å². The second kappa shape index (κ2) is 8.45. The highest BCUT2D eigenvalue weighted by Crippen LogP contribution is 2.39. The van der Waals surface area contributed by atoms with Gasteiger partial charge in [0.15, 0.2) is 0 Å². The molecule has 3 aromatic rings. The third-order valence-electron chi connectivity index (χ3n) is 7.73. The quantitative estimate of drug-likeness (QED) is 0.563. The third-order valence-corrected chi connectivity index (χ3v) is 8.06. The monoisotopic (exact) mass is 482 g/mol. The first-order chi connectivity index (χ1) is 16.4. The molecule has 0 bridgehead atoms. The van der Waals surface area contributed by atoms with E-state index in [0.29, 0.717) is 31.1 Å². The molecule has 0 radical (unpaired) electrons. The number of halogens is 1. The van der Waals surface area contributed by atoms with Gasteiger partial charge >= 0.3 is 0 Å². The van der Waals surface area contributed by atoms with Crippen molar-refractivity contribution in [3.05, 3.63) is 40.7 Å². The van der Waals surface area contributed by atoms with Crippen molar-refractivity contribution in [1.29, 1.82) is 0 Å². The Morgan fingerprint density at radius 1 is 1.18 bits per heavy atom. The Morgan fingerprint density at radius 3 is 2.68 bits per heavy atom. The van der Waals surface area contributed by atoms with Crippen LogP contribution in [0.25, 0.3) is 10.9 Å². The molecule has 8 nitrogen and oxygen atoms in total. The zero-order valence-electron chi connectivity index (χ0n) is 19.7. The van der Waals surface area contributed by atoms with Gasteiger partial charge in [-0.3, -0.25) is 4.90 Å². The zero-order chi connectivity index (χ0) is 23.4. The van der Waals surface area contributed by atoms with E-state index < -0.39 is 6.10 Å². The van der Waals surface area contributed by atoms with E-state index in [4.69, 9.17) is 21.3 Å². The molecule has 3 fully saturated rings. The van der Waals surface area contributed by atoms with Gasteiger partial charge in [0.05, 0.1) is 42.1 Å². The SMILES string of the molecule is Cc1cc(Nc2ncc3cc(Cl)c(C4CCN(C5(C)COCC5O)CC4)cc3n2)n(C2CC2)n1. The van der Waals surface area contributed by atoms with Crippen molar-refractivity contribution < 1.29 is 9.84 Å². The molecule has 6 rings (SSSR count). The number of aliphatic hydroxyl groups is 1. The van der Waals surface area contributed by atoms with Crippen molar-refractivity contribution in [2.45, 2.75) is 63.1 Å². The molecule has 1 aromatic carbocycles. The Labute approximate surface area is 204 Å². The lowest BCUT2D eigenvalue weighted by molar-refractivity contribution is -0.00211. The summed E-state index contributed by atoms with van der Waals surface area (Å²) in [4.78, 5) is 11.7. The first-order valence-electron chi connectivity index (χ1n) is 12.2. The van der Waals surface area contributed by atoms with Gasteiger partial charge in [-0.15, -0.1) is 0 Å². The minimum atomic E-state index is -0.434. The largest absolute Gasteiger partial charge is 0.389 e. The van der Waals surface area contributed by atoms with Crippen LogP contribution in [0.1, 0.15) is 55.8 Å². The Hall–Kier alpha value is -2.26. The van der Waals surface area contributed by atoms with Crippen LogP contribution in [-0.2, 0) is 4.74 Å². The number of piperidine rings is 1. The maximum absolute atomic E-state index is 10.4. The molecule has 2 unspecified atom stereocenters. The van der Waals surface area contributed by atoms with Gasteiger partial charge in [-0.25, -0.2) is 14.6 Å². The van der Waals surface area contributed by atoms with Gasteiger partial charge in [-0.1, -0.05) is 11.6 Å². The van der Waals surface area contributed by atoms with E-state index in [0.717, 1.165) is 58.9 Å². The maximum Gasteiger partial charge on any atom is 0.228 e. The molecule has 2 N–H and O–H groups in total. The molecule has 2 aliphatic heterocycles. The molecular weight excluding hydrogens is 452 g/mol. The van der Waals surface area contributed by atoms with Gasteiger partial charge in [0, 0.05) is 22.7 Å². The van der Waals surface area contributed by atoms with Crippen molar-refractivity contribution in [3.8, 4) is 0 Å². The van der Waals surface area contributed by atoms with E-state index in [-0.39, 0.29) is 5.54 Å². The topological polar surface area (TPSA) is 88.3 Å². The average molecular weight is 483 g/mol. The molecule has 1 aliphatic carbocycles. The summed E-state index contributed by atoms with van der Waals surface area (Å²) in [6.07, 6.45) is 5.71. The standard InChI is InChI=1S/C25H31ClN6O2/c1-15-9-23(32(30-15)18-3-4-18)29-24-27-12-17-10-20(26)19(11-21(17)28-24)16-5-7-31(8-6-16)25(2)14-34-13-22(25)33/h9-12,16,18,22,33H,3-8,13-14H2,1-2H3,(H,27,28,29). The van der Waals surface area contributed by atoms with E-state index in [2.05, 4.69) is 38.0 Å². The highest BCUT2D eigenvalue weighted by molar-refractivity contribution is 6.32. The fraction of sp³-hybridized carbons (Fsp3) is 0.560. The minimum Gasteiger partial charge on any atom is -0.389 e. The number of hydrogen-bond acceptors (Lipinski definition) is 7. The summed E-state index contributed by atoms with van der Waals surface area (Å²) < 4.78 is 7.60. The number of rotatable bonds is 5. The summed E-state index contributed by atoms with van der Waals surface area (Å²) >= 11 is 6.73. The van der Waals surface area contributed by atoms with Gasteiger partial charge in [0.25, 0.3) is 0 Å². The normalized spacial score (nSPS) is 26.4. The molecule has 9 heteroatoms. The maximum atomic E-state index is 10.4. The third kappa shape index (κ3) is 3.96. The summed E-state index contributed by atoms with van der Waals surface area (Å²) in [6, 6.07) is 6.63. The highest BCUT2D eigenvalue weighted by Gasteiger charge is 2.45. The molecule has 0 amide bonds. The van der Waals surface area contributed by atoms with E-state index in [1.165, 1.54) is 12.8 Å². The fourth-order valence-electron chi connectivity index (χ4n) is 5.42. The second-order valence-electron chi connectivity index (χ2n) is 10.2. The molecule has 2 aromatic heterocycles. The van der Waals surface area contributed by atoms with Crippen molar-refractivity contribution in [1.82, 2.24) is 24.6 Å². The number of nitrogens with one attached hydrogen (secondary N) is 1. The van der Waals surface area contributed by atoms with E-state index in [9.17, 15) is 5.11 Å². The number of likely N-dealkylation sites (tertiary alicyclic amines) is 1. The van der Waals surface area contributed by atoms with Crippen LogP contribution >= 0.6 is 11.6 Å². The summed E-state index contributed by atoms with van der Waals surface area (Å²) in [5.41, 5.74) is 2.73. The van der Waals surface area contributed by atoms with Crippen LogP contribution in [0.3, 0.4) is 0 Å². The molecule has 34 heavy (non-hydrogen) atoms. The lowest BCUT2D eigenvalue weighted by atomic mass is 9.85. The first kappa shape index (κ1) is 22.2. The predicted octanol–water partition coefficient (Wildman–Crippen LogP) is 4.20. The molecular formula is C25H31ClN6O2. The van der Waals surface area contributed by atoms with E-state index in [1.54, 1.807) is 0 Å². The molecule has 4 heterocycles. The van der Waals surface area contributed by atoms with E-state index in [1.807, 2.05) is 25.3 Å². The minimum absolute atomic E-state index is 0.294. The molecule has 2 saturated heterocycles. The van der Waals surface area contributed by atoms with Gasteiger partial charge in [-0.05, 0) is 76.2 Å². The number of aromatic nitrogens is 4. The number of benzene rings is 1. The van der Waals surface area contributed by atoms with Gasteiger partial charge in [0.2, 0.25) is 5.95 Å². The van der Waals surface area contributed by atoms with Crippen molar-refractivity contribution in [2.24, 2.45) is 0 Å². The van der Waals surface area contributed by atoms with Crippen LogP contribution in [0.5, 0.6) is 0 Å². The molecule has 0 spiro atoms. The number of fused-ring (bicyclic) bond motifs is 1. The second-order valence-corrected chi connectivity index (χ2v) is 10.7. The van der Waals surface area contributed by atoms with Crippen molar-refractivity contribution in [3.63, 3.8) is 0 Å². The highest BCUT2D eigenvalue weighted by atomic mass is 35.5. The summed E-state index contributed by atoms with van der Waals surface area (Å²) in [7, 11) is 0. The predicted molar refractivity (Wildman–Crippen MR) is 132 cm³/mol. The molecule has 180 valence electrons. The number of anilines is 2. The van der Waals surface area contributed by atoms with Crippen molar-refractivity contribution >= 4 is 34.3 Å². The van der Waals surface area contributed by atoms with Crippen LogP contribution in [0, 0.1) is 6.92 Å². The lowest BCUT2D eigenvalue weighted by Crippen LogP contribution is -2.56. The van der Waals surface area contributed by atoms with Gasteiger partial charge < -0.3 is 15.2 Å². The lowest BCUT2D eigenvalue weighted by Gasteiger charge is -2.43. The van der Waals surface area contributed by atoms with E-state index >= 15 is 0 Å². The smallest absolute Gasteiger partial charge is 0.228 e. The van der Waals surface area contributed by atoms with Crippen LogP contribution in [-0.4, -0.2) is 67.7 Å². The Balaban J connectivity index is 1.22. The Morgan fingerprint density at radius 2 is 1.97 bits per heavy atom. The van der Waals surface area contributed by atoms with Crippen LogP contribution in [0.4, 0.5) is 11.8 Å². The molecule has 2 atom stereocenters. The van der Waals surface area contributed by atoms with Crippen LogP contribution in [0.15, 0.2) is 24.4 Å². The molecule has 3 aliphatic rings. The van der Waals surface area contributed by atoms with Crippen molar-refractivity contribution in [2.75, 3.05) is 31.6 Å². The zero-order valence-corrected chi connectivity index (χ0v) is 20.4. The average Bonchev–Trinajstić information content (AvgIpc) is 3.53. The summed E-state index contributed by atoms with van der Waals surface area (Å²) in [5.74, 6) is 1.87. The number of aliphatic hydroxyl groups excluding tert-OH is 1. The number of nitrogens with zero attached hydrogens (tertiary/aromatic N) is 5. The number of hydrogen-bond donors (Lipinski definition) is 2. The van der Waals surface area contributed by atoms with Crippen LogP contribution in [0.2, 0.25) is 5.02 Å². The first-order valence-corrected chi connectivity index (χ1v) is 12.6. The summed E-state index contributed by atoms with van der Waals surface area (Å²) in [6.45, 7) is 6.95. The van der Waals surface area contributed by atoms with Gasteiger partial charge in [-0.2, -0.15) is 5.10 Å².